The molecule has 0 aromatic heterocycles. The van der Waals surface area contributed by atoms with Gasteiger partial charge in [-0.3, -0.25) is 4.79 Å². The molecule has 1 heterocycles. The smallest absolute Gasteiger partial charge is 0.338 e. The molecule has 5 atom stereocenters. The SMILES string of the molecule is CC(=O)N[C@H]1C(OC(=O)c2ccccc2)[C@@H](OC(=O)c2ccccc2)C(COC(=O)c2ccccc2)O[C@H]1OCCCCCO. The maximum absolute atomic E-state index is 13.4. The van der Waals surface area contributed by atoms with E-state index in [2.05, 4.69) is 5.32 Å². The molecule has 11 nitrogen and oxygen atoms in total. The number of nitrogens with one attached hydrogen (secondary N) is 1. The van der Waals surface area contributed by atoms with E-state index in [1.807, 2.05) is 0 Å². The molecule has 0 aliphatic carbocycles. The van der Waals surface area contributed by atoms with Crippen LogP contribution in [0.25, 0.3) is 0 Å². The topological polar surface area (TPSA) is 147 Å². The standard InChI is InChI=1S/C34H37NO10/c1-23(37)35-28-30(45-33(40)26-18-10-4-11-19-26)29(44-32(39)25-16-8-3-9-17-25)27(43-34(28)41-21-13-5-12-20-36)22-42-31(38)24-14-6-2-7-15-24/h2-4,6-11,14-19,27-30,34,36H,5,12-13,20-22H2,1H3,(H,35,37)/t27?,28-,29-,30?,34+/m0/s1. The summed E-state index contributed by atoms with van der Waals surface area (Å²) >= 11 is 0. The van der Waals surface area contributed by atoms with E-state index in [-0.39, 0.29) is 24.3 Å². The Labute approximate surface area is 261 Å². The number of carbonyl (C=O) groups is 4. The predicted octanol–water partition coefficient (Wildman–Crippen LogP) is 3.70. The predicted molar refractivity (Wildman–Crippen MR) is 161 cm³/mol. The zero-order valence-corrected chi connectivity index (χ0v) is 24.9. The summed E-state index contributed by atoms with van der Waals surface area (Å²) in [6.45, 7) is 1.12. The van der Waals surface area contributed by atoms with E-state index in [0.29, 0.717) is 24.8 Å². The average Bonchev–Trinajstić information content (AvgIpc) is 3.06. The second-order valence-electron chi connectivity index (χ2n) is 10.4. The van der Waals surface area contributed by atoms with Gasteiger partial charge in [0.25, 0.3) is 0 Å². The van der Waals surface area contributed by atoms with Crippen molar-refractivity contribution in [2.45, 2.75) is 56.8 Å². The van der Waals surface area contributed by atoms with E-state index in [1.165, 1.54) is 6.92 Å². The van der Waals surface area contributed by atoms with Crippen LogP contribution in [0.3, 0.4) is 0 Å². The third-order valence-corrected chi connectivity index (χ3v) is 6.99. The van der Waals surface area contributed by atoms with Gasteiger partial charge in [-0.1, -0.05) is 54.6 Å². The van der Waals surface area contributed by atoms with Crippen molar-refractivity contribution in [3.63, 3.8) is 0 Å². The first kappa shape index (κ1) is 33.3. The maximum Gasteiger partial charge on any atom is 0.338 e. The minimum atomic E-state index is -1.33. The van der Waals surface area contributed by atoms with Crippen molar-refractivity contribution in [1.29, 1.82) is 0 Å². The molecule has 0 bridgehead atoms. The Morgan fingerprint density at radius 2 is 1.22 bits per heavy atom. The van der Waals surface area contributed by atoms with Crippen molar-refractivity contribution in [1.82, 2.24) is 5.32 Å². The number of hydrogen-bond donors (Lipinski definition) is 2. The second-order valence-corrected chi connectivity index (χ2v) is 10.4. The molecule has 1 aliphatic rings. The molecule has 1 amide bonds. The molecule has 1 saturated heterocycles. The molecule has 2 N–H and O–H groups in total. The largest absolute Gasteiger partial charge is 0.459 e. The Morgan fingerprint density at radius 1 is 0.711 bits per heavy atom. The number of benzene rings is 3. The summed E-state index contributed by atoms with van der Waals surface area (Å²) in [6.07, 6.45) is -3.16. The van der Waals surface area contributed by atoms with Gasteiger partial charge < -0.3 is 34.1 Å². The van der Waals surface area contributed by atoms with Crippen LogP contribution in [0.15, 0.2) is 91.0 Å². The Hall–Kier alpha value is -4.58. The number of rotatable bonds is 14. The summed E-state index contributed by atoms with van der Waals surface area (Å²) in [4.78, 5) is 52.0. The van der Waals surface area contributed by atoms with Crippen LogP contribution in [0.2, 0.25) is 0 Å². The molecule has 1 aliphatic heterocycles. The summed E-state index contributed by atoms with van der Waals surface area (Å²) in [5.41, 5.74) is 0.752. The van der Waals surface area contributed by atoms with E-state index in [4.69, 9.17) is 28.8 Å². The van der Waals surface area contributed by atoms with Gasteiger partial charge >= 0.3 is 17.9 Å². The molecule has 238 valence electrons. The summed E-state index contributed by atoms with van der Waals surface area (Å²) in [5.74, 6) is -2.59. The Morgan fingerprint density at radius 3 is 1.73 bits per heavy atom. The normalized spacial score (nSPS) is 20.9. The zero-order chi connectivity index (χ0) is 32.0. The van der Waals surface area contributed by atoms with E-state index in [0.717, 1.165) is 0 Å². The molecule has 0 spiro atoms. The molecular formula is C34H37NO10. The molecule has 2 unspecified atom stereocenters. The lowest BCUT2D eigenvalue weighted by molar-refractivity contribution is -0.269. The fourth-order valence-corrected chi connectivity index (χ4v) is 4.79. The Bertz CT molecular complexity index is 1390. The van der Waals surface area contributed by atoms with Gasteiger partial charge in [-0.05, 0) is 55.7 Å². The van der Waals surface area contributed by atoms with Crippen molar-refractivity contribution in [2.75, 3.05) is 19.8 Å². The van der Waals surface area contributed by atoms with Gasteiger partial charge in [-0.25, -0.2) is 14.4 Å². The lowest BCUT2D eigenvalue weighted by Crippen LogP contribution is -2.66. The number of carbonyl (C=O) groups excluding carboxylic acids is 4. The van der Waals surface area contributed by atoms with Crippen molar-refractivity contribution < 1.29 is 48.0 Å². The maximum atomic E-state index is 13.4. The van der Waals surface area contributed by atoms with Crippen LogP contribution >= 0.6 is 0 Å². The lowest BCUT2D eigenvalue weighted by Gasteiger charge is -2.45. The molecule has 3 aromatic rings. The number of aliphatic hydroxyl groups excluding tert-OH is 1. The van der Waals surface area contributed by atoms with E-state index >= 15 is 0 Å². The molecule has 0 radical (unpaired) electrons. The minimum absolute atomic E-state index is 0.0370. The first-order valence-corrected chi connectivity index (χ1v) is 14.8. The monoisotopic (exact) mass is 619 g/mol. The van der Waals surface area contributed by atoms with Gasteiger partial charge in [0.15, 0.2) is 18.5 Å². The molecule has 11 heteroatoms. The highest BCUT2D eigenvalue weighted by atomic mass is 16.7. The Balaban J connectivity index is 1.68. The van der Waals surface area contributed by atoms with Gasteiger partial charge in [0.1, 0.15) is 18.8 Å². The van der Waals surface area contributed by atoms with E-state index < -0.39 is 61.1 Å². The van der Waals surface area contributed by atoms with Crippen molar-refractivity contribution in [3.8, 4) is 0 Å². The summed E-state index contributed by atoms with van der Waals surface area (Å²) < 4.78 is 29.7. The summed E-state index contributed by atoms with van der Waals surface area (Å²) in [5, 5.41) is 11.9. The molecule has 45 heavy (non-hydrogen) atoms. The highest BCUT2D eigenvalue weighted by Crippen LogP contribution is 2.29. The van der Waals surface area contributed by atoms with Crippen molar-refractivity contribution >= 4 is 23.8 Å². The molecule has 3 aromatic carbocycles. The number of unbranched alkanes of at least 4 members (excludes halogenated alkanes) is 2. The molecular weight excluding hydrogens is 582 g/mol. The fraction of sp³-hybridized carbons (Fsp3) is 0.353. The number of esters is 3. The van der Waals surface area contributed by atoms with Crippen LogP contribution in [0, 0.1) is 0 Å². The molecule has 0 saturated carbocycles. The minimum Gasteiger partial charge on any atom is -0.459 e. The number of amides is 1. The quantitative estimate of drug-likeness (QED) is 0.156. The highest BCUT2D eigenvalue weighted by molar-refractivity contribution is 5.91. The molecule has 1 fully saturated rings. The first-order chi connectivity index (χ1) is 21.9. The number of ether oxygens (including phenoxy) is 5. The Kier molecular flexibility index (Phi) is 12.6. The van der Waals surface area contributed by atoms with Crippen molar-refractivity contribution in [3.05, 3.63) is 108 Å². The third kappa shape index (κ3) is 9.70. The second kappa shape index (κ2) is 17.0. The molecule has 4 rings (SSSR count). The van der Waals surface area contributed by atoms with Gasteiger partial charge in [0.2, 0.25) is 5.91 Å². The lowest BCUT2D eigenvalue weighted by atomic mass is 9.95. The van der Waals surface area contributed by atoms with Crippen LogP contribution in [0.4, 0.5) is 0 Å². The van der Waals surface area contributed by atoms with Crippen LogP contribution in [0.1, 0.15) is 57.3 Å². The van der Waals surface area contributed by atoms with Crippen LogP contribution in [-0.4, -0.2) is 79.4 Å². The first-order valence-electron chi connectivity index (χ1n) is 14.8. The number of aliphatic hydroxyl groups is 1. The highest BCUT2D eigenvalue weighted by Gasteiger charge is 2.52. The van der Waals surface area contributed by atoms with Gasteiger partial charge in [0.05, 0.1) is 16.7 Å². The van der Waals surface area contributed by atoms with E-state index in [1.54, 1.807) is 91.0 Å². The summed E-state index contributed by atoms with van der Waals surface area (Å²) in [6, 6.07) is 23.6. The average molecular weight is 620 g/mol. The van der Waals surface area contributed by atoms with Crippen LogP contribution in [0.5, 0.6) is 0 Å². The summed E-state index contributed by atoms with van der Waals surface area (Å²) in [7, 11) is 0. The number of hydrogen-bond acceptors (Lipinski definition) is 10. The third-order valence-electron chi connectivity index (χ3n) is 6.99. The zero-order valence-electron chi connectivity index (χ0n) is 24.9. The van der Waals surface area contributed by atoms with Crippen LogP contribution < -0.4 is 5.32 Å². The van der Waals surface area contributed by atoms with E-state index in [9.17, 15) is 19.2 Å². The van der Waals surface area contributed by atoms with Gasteiger partial charge in [-0.2, -0.15) is 0 Å². The van der Waals surface area contributed by atoms with Gasteiger partial charge in [0, 0.05) is 20.1 Å². The van der Waals surface area contributed by atoms with Crippen molar-refractivity contribution in [2.24, 2.45) is 0 Å². The fourth-order valence-electron chi connectivity index (χ4n) is 4.79. The van der Waals surface area contributed by atoms with Crippen LogP contribution in [-0.2, 0) is 28.5 Å². The van der Waals surface area contributed by atoms with Gasteiger partial charge in [-0.15, -0.1) is 0 Å².